The molecule has 0 bridgehead atoms. The van der Waals surface area contributed by atoms with Crippen LogP contribution >= 0.6 is 0 Å². The standard InChI is InChI=1S/C19H15F4N3O2/c20-12-3-1-2-10(6-12)16-15-7-11(19(21,22)23)4-5-26(15)18(25-17(16)28)24-13-8-14(27)9-13/h1-7,13-14,27H,8-9H2,(H,24,25,28). The molecule has 2 heterocycles. The number of fused-ring (bicyclic) bond motifs is 1. The van der Waals surface area contributed by atoms with Crippen LogP contribution in [0.15, 0.2) is 47.4 Å². The number of rotatable bonds is 3. The lowest BCUT2D eigenvalue weighted by Crippen LogP contribution is -2.40. The van der Waals surface area contributed by atoms with Gasteiger partial charge < -0.3 is 10.4 Å². The van der Waals surface area contributed by atoms with E-state index in [1.54, 1.807) is 0 Å². The van der Waals surface area contributed by atoms with Crippen molar-refractivity contribution in [2.75, 3.05) is 5.32 Å². The molecule has 2 aromatic heterocycles. The van der Waals surface area contributed by atoms with Crippen LogP contribution in [0.4, 0.5) is 23.5 Å². The monoisotopic (exact) mass is 393 g/mol. The number of hydrogen-bond acceptors (Lipinski definition) is 4. The molecule has 0 radical (unpaired) electrons. The summed E-state index contributed by atoms with van der Waals surface area (Å²) in [4.78, 5) is 16.6. The fourth-order valence-corrected chi connectivity index (χ4v) is 3.27. The molecule has 1 fully saturated rings. The van der Waals surface area contributed by atoms with Gasteiger partial charge in [0.25, 0.3) is 5.56 Å². The van der Waals surface area contributed by atoms with E-state index < -0.39 is 29.2 Å². The molecule has 1 saturated carbocycles. The van der Waals surface area contributed by atoms with E-state index in [0.29, 0.717) is 12.8 Å². The van der Waals surface area contributed by atoms with E-state index in [9.17, 15) is 27.5 Å². The van der Waals surface area contributed by atoms with E-state index in [1.807, 2.05) is 0 Å². The van der Waals surface area contributed by atoms with Crippen molar-refractivity contribution < 1.29 is 22.7 Å². The van der Waals surface area contributed by atoms with E-state index in [1.165, 1.54) is 28.8 Å². The van der Waals surface area contributed by atoms with E-state index in [4.69, 9.17) is 0 Å². The van der Waals surface area contributed by atoms with Gasteiger partial charge in [-0.15, -0.1) is 0 Å². The van der Waals surface area contributed by atoms with Crippen LogP contribution in [-0.2, 0) is 6.18 Å². The maximum absolute atomic E-state index is 13.6. The van der Waals surface area contributed by atoms with Gasteiger partial charge in [0, 0.05) is 12.2 Å². The molecule has 28 heavy (non-hydrogen) atoms. The molecule has 1 aliphatic carbocycles. The normalized spacial score (nSPS) is 19.5. The summed E-state index contributed by atoms with van der Waals surface area (Å²) >= 11 is 0. The van der Waals surface area contributed by atoms with Gasteiger partial charge in [-0.05, 0) is 42.7 Å². The fourth-order valence-electron chi connectivity index (χ4n) is 3.27. The molecule has 0 spiro atoms. The van der Waals surface area contributed by atoms with Gasteiger partial charge in [-0.1, -0.05) is 12.1 Å². The summed E-state index contributed by atoms with van der Waals surface area (Å²) in [6, 6.07) is 6.66. The first kappa shape index (κ1) is 18.4. The lowest BCUT2D eigenvalue weighted by atomic mass is 9.90. The number of halogens is 4. The Hall–Kier alpha value is -2.94. The average Bonchev–Trinajstić information content (AvgIpc) is 2.59. The fraction of sp³-hybridized carbons (Fsp3) is 0.263. The minimum atomic E-state index is -4.61. The topological polar surface area (TPSA) is 66.6 Å². The van der Waals surface area contributed by atoms with Crippen molar-refractivity contribution in [2.24, 2.45) is 0 Å². The number of aliphatic hydroxyl groups is 1. The average molecular weight is 393 g/mol. The van der Waals surface area contributed by atoms with Crippen molar-refractivity contribution in [3.8, 4) is 11.1 Å². The second kappa shape index (κ2) is 6.59. The second-order valence-corrected chi connectivity index (χ2v) is 6.76. The number of aliphatic hydroxyl groups excluding tert-OH is 1. The molecule has 146 valence electrons. The van der Waals surface area contributed by atoms with Crippen LogP contribution in [0.1, 0.15) is 18.4 Å². The first-order chi connectivity index (χ1) is 13.2. The Labute approximate surface area is 156 Å². The van der Waals surface area contributed by atoms with Crippen molar-refractivity contribution in [1.82, 2.24) is 9.38 Å². The zero-order valence-electron chi connectivity index (χ0n) is 14.4. The van der Waals surface area contributed by atoms with Gasteiger partial charge in [-0.3, -0.25) is 9.20 Å². The highest BCUT2D eigenvalue weighted by Crippen LogP contribution is 2.33. The predicted octanol–water partition coefficient (Wildman–Crippen LogP) is 3.45. The summed E-state index contributed by atoms with van der Waals surface area (Å²) < 4.78 is 54.7. The summed E-state index contributed by atoms with van der Waals surface area (Å²) in [5.74, 6) is -0.543. The molecule has 9 heteroatoms. The molecule has 2 N–H and O–H groups in total. The van der Waals surface area contributed by atoms with Crippen molar-refractivity contribution in [3.63, 3.8) is 0 Å². The lowest BCUT2D eigenvalue weighted by molar-refractivity contribution is -0.137. The molecular formula is C19H15F4N3O2. The third-order valence-electron chi connectivity index (χ3n) is 4.75. The SMILES string of the molecule is O=c1nc(NC2CC(O)C2)n2ccc(C(F)(F)F)cc2c1-c1cccc(F)c1. The van der Waals surface area contributed by atoms with Gasteiger partial charge in [0.2, 0.25) is 5.95 Å². The molecule has 0 atom stereocenters. The molecule has 1 aliphatic rings. The number of hydrogen-bond donors (Lipinski definition) is 2. The van der Waals surface area contributed by atoms with Crippen LogP contribution in [0.5, 0.6) is 0 Å². The zero-order chi connectivity index (χ0) is 20.1. The maximum atomic E-state index is 13.6. The third kappa shape index (κ3) is 3.33. The first-order valence-corrected chi connectivity index (χ1v) is 8.56. The Kier molecular flexibility index (Phi) is 4.34. The summed E-state index contributed by atoms with van der Waals surface area (Å²) in [5.41, 5.74) is -1.72. The smallest absolute Gasteiger partial charge is 0.393 e. The number of nitrogens with one attached hydrogen (secondary N) is 1. The van der Waals surface area contributed by atoms with Crippen LogP contribution in [0.25, 0.3) is 16.6 Å². The highest BCUT2D eigenvalue weighted by atomic mass is 19.4. The molecule has 5 nitrogen and oxygen atoms in total. The summed E-state index contributed by atoms with van der Waals surface area (Å²) in [7, 11) is 0. The number of benzene rings is 1. The van der Waals surface area contributed by atoms with Crippen LogP contribution in [-0.4, -0.2) is 26.6 Å². The van der Waals surface area contributed by atoms with Gasteiger partial charge in [-0.2, -0.15) is 18.2 Å². The minimum Gasteiger partial charge on any atom is -0.393 e. The number of aromatic nitrogens is 2. The van der Waals surface area contributed by atoms with E-state index in [0.717, 1.165) is 18.2 Å². The number of nitrogens with zero attached hydrogens (tertiary/aromatic N) is 2. The maximum Gasteiger partial charge on any atom is 0.416 e. The zero-order valence-corrected chi connectivity index (χ0v) is 14.4. The minimum absolute atomic E-state index is 0.0391. The van der Waals surface area contributed by atoms with Crippen LogP contribution < -0.4 is 10.9 Å². The number of pyridine rings is 1. The van der Waals surface area contributed by atoms with E-state index in [2.05, 4.69) is 10.3 Å². The Bertz CT molecular complexity index is 1100. The lowest BCUT2D eigenvalue weighted by Gasteiger charge is -2.32. The Balaban J connectivity index is 1.94. The Morgan fingerprint density at radius 1 is 1.18 bits per heavy atom. The summed E-state index contributed by atoms with van der Waals surface area (Å²) in [6.45, 7) is 0. The van der Waals surface area contributed by atoms with Crippen LogP contribution in [0, 0.1) is 5.82 Å². The van der Waals surface area contributed by atoms with Crippen molar-refractivity contribution in [1.29, 1.82) is 0 Å². The number of alkyl halides is 3. The van der Waals surface area contributed by atoms with Gasteiger partial charge >= 0.3 is 6.18 Å². The molecule has 0 amide bonds. The molecule has 0 saturated heterocycles. The largest absolute Gasteiger partial charge is 0.416 e. The Morgan fingerprint density at radius 3 is 2.57 bits per heavy atom. The molecular weight excluding hydrogens is 378 g/mol. The summed E-state index contributed by atoms with van der Waals surface area (Å²) in [5, 5.41) is 12.4. The summed E-state index contributed by atoms with van der Waals surface area (Å²) in [6.07, 6.45) is -2.99. The highest BCUT2D eigenvalue weighted by molar-refractivity contribution is 5.81. The van der Waals surface area contributed by atoms with Gasteiger partial charge in [-0.25, -0.2) is 4.39 Å². The van der Waals surface area contributed by atoms with Gasteiger partial charge in [0.15, 0.2) is 0 Å². The first-order valence-electron chi connectivity index (χ1n) is 8.56. The molecule has 0 aliphatic heterocycles. The highest BCUT2D eigenvalue weighted by Gasteiger charge is 2.32. The van der Waals surface area contributed by atoms with Crippen LogP contribution in [0.3, 0.4) is 0 Å². The Morgan fingerprint density at radius 2 is 1.93 bits per heavy atom. The van der Waals surface area contributed by atoms with E-state index in [-0.39, 0.29) is 28.6 Å². The van der Waals surface area contributed by atoms with Crippen LogP contribution in [0.2, 0.25) is 0 Å². The predicted molar refractivity (Wildman–Crippen MR) is 94.5 cm³/mol. The number of anilines is 1. The quantitative estimate of drug-likeness (QED) is 0.669. The van der Waals surface area contributed by atoms with Gasteiger partial charge in [0.05, 0.1) is 22.7 Å². The van der Waals surface area contributed by atoms with Crippen molar-refractivity contribution in [3.05, 3.63) is 64.3 Å². The second-order valence-electron chi connectivity index (χ2n) is 6.76. The van der Waals surface area contributed by atoms with Crippen molar-refractivity contribution in [2.45, 2.75) is 31.2 Å². The molecule has 4 rings (SSSR count). The molecule has 3 aromatic rings. The third-order valence-corrected chi connectivity index (χ3v) is 4.75. The van der Waals surface area contributed by atoms with Crippen molar-refractivity contribution >= 4 is 11.5 Å². The van der Waals surface area contributed by atoms with E-state index >= 15 is 0 Å². The van der Waals surface area contributed by atoms with Gasteiger partial charge in [0.1, 0.15) is 5.82 Å². The molecule has 1 aromatic carbocycles. The molecule has 0 unspecified atom stereocenters.